The van der Waals surface area contributed by atoms with Crippen molar-refractivity contribution in [3.8, 4) is 0 Å². The van der Waals surface area contributed by atoms with Crippen LogP contribution in [0.5, 0.6) is 0 Å². The summed E-state index contributed by atoms with van der Waals surface area (Å²) in [5.74, 6) is 0.660. The van der Waals surface area contributed by atoms with Gasteiger partial charge in [0.15, 0.2) is 5.82 Å². The van der Waals surface area contributed by atoms with Crippen LogP contribution in [0.1, 0.15) is 45.4 Å². The molecule has 14 heavy (non-hydrogen) atoms. The Labute approximate surface area is 83.9 Å². The van der Waals surface area contributed by atoms with E-state index >= 15 is 0 Å². The van der Waals surface area contributed by atoms with Crippen molar-refractivity contribution in [1.29, 1.82) is 0 Å². The van der Waals surface area contributed by atoms with Gasteiger partial charge in [0.2, 0.25) is 6.39 Å². The predicted molar refractivity (Wildman–Crippen MR) is 52.4 cm³/mol. The molecule has 1 aromatic rings. The minimum Gasteiger partial charge on any atom is -0.343 e. The van der Waals surface area contributed by atoms with E-state index in [1.807, 2.05) is 0 Å². The number of aromatic nitrogens is 2. The molecule has 0 aliphatic heterocycles. The molecule has 0 unspecified atom stereocenters. The highest BCUT2D eigenvalue weighted by Gasteiger charge is 2.39. The summed E-state index contributed by atoms with van der Waals surface area (Å²) < 4.78 is 4.74. The number of hydrogen-bond acceptors (Lipinski definition) is 4. The molecule has 0 amide bonds. The van der Waals surface area contributed by atoms with Gasteiger partial charge in [0.05, 0.1) is 5.54 Å². The van der Waals surface area contributed by atoms with Gasteiger partial charge in [-0.2, -0.15) is 4.98 Å². The molecule has 1 aliphatic carbocycles. The first-order valence-corrected chi connectivity index (χ1v) is 5.08. The second-order valence-corrected chi connectivity index (χ2v) is 5.08. The fraction of sp³-hybridized carbons (Fsp3) is 0.800. The zero-order valence-electron chi connectivity index (χ0n) is 8.79. The van der Waals surface area contributed by atoms with Gasteiger partial charge in [-0.05, 0) is 31.1 Å². The minimum absolute atomic E-state index is 0.359. The molecule has 4 heteroatoms. The standard InChI is InChI=1S/C10H17N3O/c1-9(2)3-5-10(11,6-4-9)8-12-7-14-13-8/h7H,3-6,11H2,1-2H3. The molecule has 0 spiro atoms. The summed E-state index contributed by atoms with van der Waals surface area (Å²) in [6.07, 6.45) is 5.48. The van der Waals surface area contributed by atoms with E-state index in [1.165, 1.54) is 6.39 Å². The van der Waals surface area contributed by atoms with E-state index in [1.54, 1.807) is 0 Å². The Morgan fingerprint density at radius 2 is 1.93 bits per heavy atom. The lowest BCUT2D eigenvalue weighted by Crippen LogP contribution is -2.43. The SMILES string of the molecule is CC1(C)CCC(N)(c2ncon2)CC1. The molecule has 1 saturated carbocycles. The van der Waals surface area contributed by atoms with Crippen LogP contribution in [0, 0.1) is 5.41 Å². The highest BCUT2D eigenvalue weighted by atomic mass is 16.5. The molecule has 1 heterocycles. The van der Waals surface area contributed by atoms with Crippen LogP contribution in [-0.2, 0) is 5.54 Å². The van der Waals surface area contributed by atoms with Crippen molar-refractivity contribution in [3.63, 3.8) is 0 Å². The average molecular weight is 195 g/mol. The van der Waals surface area contributed by atoms with E-state index in [0.29, 0.717) is 11.2 Å². The summed E-state index contributed by atoms with van der Waals surface area (Å²) in [7, 11) is 0. The molecule has 2 rings (SSSR count). The van der Waals surface area contributed by atoms with E-state index in [2.05, 4.69) is 24.0 Å². The second-order valence-electron chi connectivity index (χ2n) is 5.08. The van der Waals surface area contributed by atoms with Gasteiger partial charge in [-0.1, -0.05) is 19.0 Å². The smallest absolute Gasteiger partial charge is 0.213 e. The van der Waals surface area contributed by atoms with Gasteiger partial charge in [0.1, 0.15) is 0 Å². The largest absolute Gasteiger partial charge is 0.343 e. The zero-order valence-corrected chi connectivity index (χ0v) is 8.79. The van der Waals surface area contributed by atoms with Crippen molar-refractivity contribution >= 4 is 0 Å². The Balaban J connectivity index is 2.13. The van der Waals surface area contributed by atoms with Gasteiger partial charge in [-0.3, -0.25) is 0 Å². The van der Waals surface area contributed by atoms with Crippen LogP contribution in [0.3, 0.4) is 0 Å². The molecule has 0 bridgehead atoms. The van der Waals surface area contributed by atoms with Gasteiger partial charge < -0.3 is 10.3 Å². The first-order valence-electron chi connectivity index (χ1n) is 5.08. The summed E-state index contributed by atoms with van der Waals surface area (Å²) in [5, 5.41) is 3.85. The topological polar surface area (TPSA) is 64.9 Å². The van der Waals surface area contributed by atoms with Crippen LogP contribution in [-0.4, -0.2) is 10.1 Å². The Morgan fingerprint density at radius 3 is 2.43 bits per heavy atom. The monoisotopic (exact) mass is 195 g/mol. The normalized spacial score (nSPS) is 24.8. The molecule has 2 N–H and O–H groups in total. The first-order chi connectivity index (χ1) is 6.52. The third kappa shape index (κ3) is 1.66. The van der Waals surface area contributed by atoms with Gasteiger partial charge in [-0.25, -0.2) is 0 Å². The second kappa shape index (κ2) is 3.05. The van der Waals surface area contributed by atoms with Crippen LogP contribution in [0.4, 0.5) is 0 Å². The maximum Gasteiger partial charge on any atom is 0.213 e. The number of nitrogens with zero attached hydrogens (tertiary/aromatic N) is 2. The molecule has 78 valence electrons. The molecular formula is C10H17N3O. The maximum absolute atomic E-state index is 6.26. The number of hydrogen-bond donors (Lipinski definition) is 1. The molecule has 0 radical (unpaired) electrons. The van der Waals surface area contributed by atoms with Crippen LogP contribution in [0.2, 0.25) is 0 Å². The first kappa shape index (κ1) is 9.65. The van der Waals surface area contributed by atoms with Crippen molar-refractivity contribution < 1.29 is 4.52 Å². The fourth-order valence-corrected chi connectivity index (χ4v) is 1.99. The van der Waals surface area contributed by atoms with Crippen molar-refractivity contribution in [1.82, 2.24) is 10.1 Å². The summed E-state index contributed by atoms with van der Waals surface area (Å²) in [6.45, 7) is 4.56. The quantitative estimate of drug-likeness (QED) is 0.742. The Kier molecular flexibility index (Phi) is 2.10. The number of rotatable bonds is 1. The molecule has 1 aromatic heterocycles. The Morgan fingerprint density at radius 1 is 1.29 bits per heavy atom. The molecular weight excluding hydrogens is 178 g/mol. The molecule has 1 aliphatic rings. The maximum atomic E-state index is 6.26. The van der Waals surface area contributed by atoms with Crippen LogP contribution < -0.4 is 5.73 Å². The average Bonchev–Trinajstić information content (AvgIpc) is 2.64. The summed E-state index contributed by atoms with van der Waals surface area (Å²) in [6, 6.07) is 0. The third-order valence-electron chi connectivity index (χ3n) is 3.30. The zero-order chi connectivity index (χ0) is 10.2. The van der Waals surface area contributed by atoms with Crippen molar-refractivity contribution in [2.45, 2.75) is 45.1 Å². The molecule has 0 aromatic carbocycles. The van der Waals surface area contributed by atoms with Gasteiger partial charge >= 0.3 is 0 Å². The van der Waals surface area contributed by atoms with Gasteiger partial charge in [-0.15, -0.1) is 0 Å². The van der Waals surface area contributed by atoms with E-state index in [4.69, 9.17) is 10.3 Å². The molecule has 4 nitrogen and oxygen atoms in total. The van der Waals surface area contributed by atoms with Crippen LogP contribution >= 0.6 is 0 Å². The summed E-state index contributed by atoms with van der Waals surface area (Å²) in [5.41, 5.74) is 6.31. The fourth-order valence-electron chi connectivity index (χ4n) is 1.99. The lowest BCUT2D eigenvalue weighted by molar-refractivity contribution is 0.156. The Hall–Kier alpha value is -0.900. The lowest BCUT2D eigenvalue weighted by Gasteiger charge is -2.39. The van der Waals surface area contributed by atoms with E-state index in [-0.39, 0.29) is 5.54 Å². The predicted octanol–water partition coefficient (Wildman–Crippen LogP) is 1.82. The molecule has 0 atom stereocenters. The molecule has 1 fully saturated rings. The van der Waals surface area contributed by atoms with E-state index < -0.39 is 0 Å². The lowest BCUT2D eigenvalue weighted by atomic mass is 9.69. The van der Waals surface area contributed by atoms with Crippen molar-refractivity contribution in [3.05, 3.63) is 12.2 Å². The van der Waals surface area contributed by atoms with Gasteiger partial charge in [0, 0.05) is 0 Å². The van der Waals surface area contributed by atoms with Gasteiger partial charge in [0.25, 0.3) is 0 Å². The summed E-state index contributed by atoms with van der Waals surface area (Å²) >= 11 is 0. The van der Waals surface area contributed by atoms with Crippen molar-refractivity contribution in [2.24, 2.45) is 11.1 Å². The third-order valence-corrected chi connectivity index (χ3v) is 3.30. The molecule has 0 saturated heterocycles. The minimum atomic E-state index is -0.359. The number of nitrogens with two attached hydrogens (primary N) is 1. The van der Waals surface area contributed by atoms with Crippen LogP contribution in [0.15, 0.2) is 10.9 Å². The highest BCUT2D eigenvalue weighted by Crippen LogP contribution is 2.42. The van der Waals surface area contributed by atoms with E-state index in [9.17, 15) is 0 Å². The summed E-state index contributed by atoms with van der Waals surface area (Å²) in [4.78, 5) is 4.06. The Bertz CT molecular complexity index is 295. The van der Waals surface area contributed by atoms with Crippen molar-refractivity contribution in [2.75, 3.05) is 0 Å². The highest BCUT2D eigenvalue weighted by molar-refractivity contribution is 5.05. The van der Waals surface area contributed by atoms with E-state index in [0.717, 1.165) is 25.7 Å². The van der Waals surface area contributed by atoms with Crippen LogP contribution in [0.25, 0.3) is 0 Å².